The number of benzene rings is 2. The summed E-state index contributed by atoms with van der Waals surface area (Å²) in [4.78, 5) is 17.3. The Hall–Kier alpha value is -3.40. The third kappa shape index (κ3) is 3.35. The number of pyridine rings is 1. The number of carbonyl (C=O) groups is 1. The Labute approximate surface area is 152 Å². The highest BCUT2D eigenvalue weighted by molar-refractivity contribution is 5.99. The van der Waals surface area contributed by atoms with Crippen molar-refractivity contribution in [3.8, 4) is 5.75 Å². The average Bonchev–Trinajstić information content (AvgIpc) is 2.72. The number of hydrogen-bond donors (Lipinski definition) is 1. The smallest absolute Gasteiger partial charge is 0.251 e. The lowest BCUT2D eigenvalue weighted by Gasteiger charge is -2.22. The Bertz CT molecular complexity index is 897. The number of rotatable bonds is 4. The second kappa shape index (κ2) is 7.23. The second-order valence-electron chi connectivity index (χ2n) is 6.07. The highest BCUT2D eigenvalue weighted by Gasteiger charge is 2.22. The van der Waals surface area contributed by atoms with Gasteiger partial charge in [0.05, 0.1) is 17.3 Å². The summed E-state index contributed by atoms with van der Waals surface area (Å²) >= 11 is 0. The van der Waals surface area contributed by atoms with Gasteiger partial charge in [0.2, 0.25) is 0 Å². The predicted octanol–water partition coefficient (Wildman–Crippen LogP) is 3.76. The van der Waals surface area contributed by atoms with Gasteiger partial charge in [-0.05, 0) is 29.8 Å². The highest BCUT2D eigenvalue weighted by atomic mass is 16.5. The molecule has 4 nitrogen and oxygen atoms in total. The van der Waals surface area contributed by atoms with E-state index in [9.17, 15) is 4.79 Å². The van der Waals surface area contributed by atoms with Crippen LogP contribution >= 0.6 is 0 Å². The molecule has 1 atom stereocenters. The molecule has 0 aliphatic carbocycles. The van der Waals surface area contributed by atoms with Gasteiger partial charge in [0.1, 0.15) is 12.4 Å². The number of nitrogens with one attached hydrogen (secondary N) is 1. The molecule has 1 aliphatic heterocycles. The first kappa shape index (κ1) is 16.1. The topological polar surface area (TPSA) is 51.2 Å². The Morgan fingerprint density at radius 3 is 2.54 bits per heavy atom. The maximum absolute atomic E-state index is 12.9. The van der Waals surface area contributed by atoms with Crippen molar-refractivity contribution in [3.05, 3.63) is 101 Å². The maximum Gasteiger partial charge on any atom is 0.251 e. The first-order valence-corrected chi connectivity index (χ1v) is 8.50. The Balaban J connectivity index is 1.62. The molecular formula is C22H18N2O2. The molecule has 0 bridgehead atoms. The van der Waals surface area contributed by atoms with Gasteiger partial charge in [0, 0.05) is 11.8 Å². The van der Waals surface area contributed by atoms with Gasteiger partial charge in [-0.1, -0.05) is 54.6 Å². The van der Waals surface area contributed by atoms with Gasteiger partial charge in [0.15, 0.2) is 0 Å². The van der Waals surface area contributed by atoms with Crippen molar-refractivity contribution in [3.63, 3.8) is 0 Å². The molecule has 2 heterocycles. The first-order valence-electron chi connectivity index (χ1n) is 8.50. The van der Waals surface area contributed by atoms with E-state index in [0.717, 1.165) is 22.6 Å². The molecule has 1 amide bonds. The van der Waals surface area contributed by atoms with Crippen LogP contribution in [-0.2, 0) is 4.79 Å². The molecular weight excluding hydrogens is 324 g/mol. The van der Waals surface area contributed by atoms with E-state index in [1.54, 1.807) is 6.20 Å². The van der Waals surface area contributed by atoms with Crippen LogP contribution in [0.5, 0.6) is 5.75 Å². The number of hydrogen-bond acceptors (Lipinski definition) is 3. The number of amides is 1. The van der Waals surface area contributed by atoms with E-state index in [-0.39, 0.29) is 18.6 Å². The molecule has 0 spiro atoms. The molecule has 3 aromatic rings. The summed E-state index contributed by atoms with van der Waals surface area (Å²) in [5.41, 5.74) is 3.29. The second-order valence-corrected chi connectivity index (χ2v) is 6.07. The van der Waals surface area contributed by atoms with Crippen molar-refractivity contribution in [2.75, 3.05) is 6.61 Å². The standard InChI is InChI=1S/C22H18N2O2/c25-22(18-14-17-10-4-5-12-20(17)26-15-18)24-21(16-8-2-1-3-9-16)19-11-6-7-13-23-19/h1-14,21H,15H2,(H,24,25)/t21-/m1/s1. The lowest BCUT2D eigenvalue weighted by molar-refractivity contribution is -0.118. The zero-order valence-electron chi connectivity index (χ0n) is 14.1. The molecule has 26 heavy (non-hydrogen) atoms. The largest absolute Gasteiger partial charge is 0.488 e. The normalized spacial score (nSPS) is 13.8. The van der Waals surface area contributed by atoms with Gasteiger partial charge in [-0.15, -0.1) is 0 Å². The van der Waals surface area contributed by atoms with Crippen molar-refractivity contribution in [2.45, 2.75) is 6.04 Å². The summed E-state index contributed by atoms with van der Waals surface area (Å²) in [6.45, 7) is 0.257. The SMILES string of the molecule is O=C(N[C@H](c1ccccc1)c1ccccn1)C1=Cc2ccccc2OC1. The third-order valence-corrected chi connectivity index (χ3v) is 4.32. The van der Waals surface area contributed by atoms with Crippen LogP contribution in [0.2, 0.25) is 0 Å². The van der Waals surface area contributed by atoms with Crippen LogP contribution in [0.25, 0.3) is 6.08 Å². The van der Waals surface area contributed by atoms with Crippen molar-refractivity contribution in [2.24, 2.45) is 0 Å². The van der Waals surface area contributed by atoms with E-state index in [4.69, 9.17) is 4.74 Å². The Kier molecular flexibility index (Phi) is 4.48. The minimum Gasteiger partial charge on any atom is -0.488 e. The molecule has 1 aliphatic rings. The van der Waals surface area contributed by atoms with Crippen molar-refractivity contribution >= 4 is 12.0 Å². The van der Waals surface area contributed by atoms with E-state index >= 15 is 0 Å². The van der Waals surface area contributed by atoms with Crippen molar-refractivity contribution < 1.29 is 9.53 Å². The van der Waals surface area contributed by atoms with Crippen molar-refractivity contribution in [1.29, 1.82) is 0 Å². The molecule has 0 radical (unpaired) electrons. The predicted molar refractivity (Wildman–Crippen MR) is 101 cm³/mol. The van der Waals surface area contributed by atoms with Gasteiger partial charge in [-0.3, -0.25) is 9.78 Å². The number of para-hydroxylation sites is 1. The zero-order chi connectivity index (χ0) is 17.8. The van der Waals surface area contributed by atoms with Gasteiger partial charge in [-0.2, -0.15) is 0 Å². The van der Waals surface area contributed by atoms with Crippen LogP contribution in [0.3, 0.4) is 0 Å². The first-order chi connectivity index (χ1) is 12.8. The zero-order valence-corrected chi connectivity index (χ0v) is 14.1. The monoisotopic (exact) mass is 342 g/mol. The van der Waals surface area contributed by atoms with Gasteiger partial charge in [-0.25, -0.2) is 0 Å². The summed E-state index contributed by atoms with van der Waals surface area (Å²) in [5, 5.41) is 3.10. The molecule has 4 rings (SSSR count). The summed E-state index contributed by atoms with van der Waals surface area (Å²) in [7, 11) is 0. The quantitative estimate of drug-likeness (QED) is 0.785. The fourth-order valence-corrected chi connectivity index (χ4v) is 2.99. The fourth-order valence-electron chi connectivity index (χ4n) is 2.99. The number of aromatic nitrogens is 1. The molecule has 4 heteroatoms. The van der Waals surface area contributed by atoms with Gasteiger partial charge >= 0.3 is 0 Å². The number of fused-ring (bicyclic) bond motifs is 1. The van der Waals surface area contributed by atoms with E-state index in [2.05, 4.69) is 10.3 Å². The molecule has 128 valence electrons. The highest BCUT2D eigenvalue weighted by Crippen LogP contribution is 2.27. The summed E-state index contributed by atoms with van der Waals surface area (Å²) in [5.74, 6) is 0.646. The van der Waals surface area contributed by atoms with E-state index < -0.39 is 0 Å². The Morgan fingerprint density at radius 2 is 1.73 bits per heavy atom. The van der Waals surface area contributed by atoms with E-state index in [0.29, 0.717) is 5.57 Å². The summed E-state index contributed by atoms with van der Waals surface area (Å²) in [6, 6.07) is 22.9. The third-order valence-electron chi connectivity index (χ3n) is 4.32. The van der Waals surface area contributed by atoms with Crippen LogP contribution in [0, 0.1) is 0 Å². The lowest BCUT2D eigenvalue weighted by atomic mass is 10.0. The number of ether oxygens (including phenoxy) is 1. The van der Waals surface area contributed by atoms with E-state index in [1.807, 2.05) is 78.9 Å². The number of nitrogens with zero attached hydrogens (tertiary/aromatic N) is 1. The van der Waals surface area contributed by atoms with Crippen LogP contribution in [-0.4, -0.2) is 17.5 Å². The molecule has 0 unspecified atom stereocenters. The number of carbonyl (C=O) groups excluding carboxylic acids is 1. The van der Waals surface area contributed by atoms with E-state index in [1.165, 1.54) is 0 Å². The van der Waals surface area contributed by atoms with Gasteiger partial charge in [0.25, 0.3) is 5.91 Å². The molecule has 0 saturated heterocycles. The molecule has 0 saturated carbocycles. The maximum atomic E-state index is 12.9. The van der Waals surface area contributed by atoms with Crippen molar-refractivity contribution in [1.82, 2.24) is 10.3 Å². The lowest BCUT2D eigenvalue weighted by Crippen LogP contribution is -2.33. The van der Waals surface area contributed by atoms with Crippen LogP contribution in [0.15, 0.2) is 84.6 Å². The molecule has 1 aromatic heterocycles. The molecule has 1 N–H and O–H groups in total. The van der Waals surface area contributed by atoms with Crippen LogP contribution < -0.4 is 10.1 Å². The van der Waals surface area contributed by atoms with Gasteiger partial charge < -0.3 is 10.1 Å². The Morgan fingerprint density at radius 1 is 0.962 bits per heavy atom. The minimum absolute atomic E-state index is 0.154. The summed E-state index contributed by atoms with van der Waals surface area (Å²) in [6.07, 6.45) is 3.62. The fraction of sp³-hybridized carbons (Fsp3) is 0.0909. The summed E-state index contributed by atoms with van der Waals surface area (Å²) < 4.78 is 5.71. The molecule has 2 aromatic carbocycles. The minimum atomic E-state index is -0.317. The van der Waals surface area contributed by atoms with Crippen LogP contribution in [0.4, 0.5) is 0 Å². The molecule has 0 fully saturated rings. The van der Waals surface area contributed by atoms with Crippen LogP contribution in [0.1, 0.15) is 22.9 Å². The average molecular weight is 342 g/mol.